The highest BCUT2D eigenvalue weighted by molar-refractivity contribution is 5.92. The van der Waals surface area contributed by atoms with E-state index in [4.69, 9.17) is 4.74 Å². The molecule has 2 heterocycles. The second kappa shape index (κ2) is 8.96. The smallest absolute Gasteiger partial charge is 0.269 e. The van der Waals surface area contributed by atoms with Crippen LogP contribution in [0.25, 0.3) is 0 Å². The summed E-state index contributed by atoms with van der Waals surface area (Å²) in [7, 11) is 3.53. The first-order valence-corrected chi connectivity index (χ1v) is 8.73. The third-order valence-electron chi connectivity index (χ3n) is 4.52. The predicted molar refractivity (Wildman–Crippen MR) is 94.5 cm³/mol. The molecule has 0 bridgehead atoms. The molecule has 1 aromatic heterocycles. The molecule has 25 heavy (non-hydrogen) atoms. The van der Waals surface area contributed by atoms with Crippen LogP contribution >= 0.6 is 0 Å². The molecule has 8 nitrogen and oxygen atoms in total. The molecule has 1 unspecified atom stereocenters. The Labute approximate surface area is 148 Å². The molecule has 0 saturated carbocycles. The van der Waals surface area contributed by atoms with Gasteiger partial charge in [-0.25, -0.2) is 4.98 Å². The van der Waals surface area contributed by atoms with Crippen molar-refractivity contribution in [3.05, 3.63) is 17.7 Å². The average Bonchev–Trinajstić information content (AvgIpc) is 2.98. The van der Waals surface area contributed by atoms with Crippen LogP contribution in [-0.2, 0) is 22.5 Å². The largest absolute Gasteiger partial charge is 0.383 e. The molecule has 0 saturated heterocycles. The fraction of sp³-hybridized carbons (Fsp3) is 0.706. The van der Waals surface area contributed by atoms with Gasteiger partial charge in [-0.1, -0.05) is 0 Å². The average molecular weight is 351 g/mol. The monoisotopic (exact) mass is 351 g/mol. The molecule has 2 N–H and O–H groups in total. The zero-order chi connectivity index (χ0) is 18.4. The molecule has 0 aliphatic carbocycles. The number of nitrogens with zero attached hydrogens (tertiary/aromatic N) is 3. The second-order valence-electron chi connectivity index (χ2n) is 6.73. The molecule has 1 aliphatic heterocycles. The summed E-state index contributed by atoms with van der Waals surface area (Å²) in [6.45, 7) is 5.97. The SMILES string of the molecule is COCCNC(=O)c1cnc2n1CC(NC(=O)CN(C)C(C)C)CC2. The number of likely N-dealkylation sites (N-methyl/N-ethyl adjacent to an activating group) is 1. The van der Waals surface area contributed by atoms with Crippen molar-refractivity contribution in [3.63, 3.8) is 0 Å². The maximum absolute atomic E-state index is 12.3. The third-order valence-corrected chi connectivity index (χ3v) is 4.52. The highest BCUT2D eigenvalue weighted by atomic mass is 16.5. The number of nitrogens with one attached hydrogen (secondary N) is 2. The summed E-state index contributed by atoms with van der Waals surface area (Å²) in [6.07, 6.45) is 3.18. The molecule has 0 aromatic carbocycles. The fourth-order valence-corrected chi connectivity index (χ4v) is 2.77. The van der Waals surface area contributed by atoms with E-state index in [1.165, 1.54) is 0 Å². The number of methoxy groups -OCH3 is 1. The summed E-state index contributed by atoms with van der Waals surface area (Å²) >= 11 is 0. The van der Waals surface area contributed by atoms with E-state index in [1.807, 2.05) is 16.5 Å². The second-order valence-corrected chi connectivity index (χ2v) is 6.73. The lowest BCUT2D eigenvalue weighted by Crippen LogP contribution is -2.46. The van der Waals surface area contributed by atoms with E-state index in [0.717, 1.165) is 18.7 Å². The normalized spacial score (nSPS) is 16.8. The number of fused-ring (bicyclic) bond motifs is 1. The van der Waals surface area contributed by atoms with Gasteiger partial charge in [0.1, 0.15) is 11.5 Å². The number of hydrogen-bond donors (Lipinski definition) is 2. The lowest BCUT2D eigenvalue weighted by atomic mass is 10.1. The van der Waals surface area contributed by atoms with Gasteiger partial charge in [-0.2, -0.15) is 0 Å². The first kappa shape index (κ1) is 19.4. The summed E-state index contributed by atoms with van der Waals surface area (Å²) in [5.74, 6) is 0.736. The molecular weight excluding hydrogens is 322 g/mol. The number of carbonyl (C=O) groups excluding carboxylic acids is 2. The van der Waals surface area contributed by atoms with E-state index >= 15 is 0 Å². The van der Waals surface area contributed by atoms with Crippen LogP contribution in [0.5, 0.6) is 0 Å². The lowest BCUT2D eigenvalue weighted by Gasteiger charge is -2.27. The zero-order valence-electron chi connectivity index (χ0n) is 15.5. The van der Waals surface area contributed by atoms with Gasteiger partial charge in [-0.3, -0.25) is 14.5 Å². The van der Waals surface area contributed by atoms with E-state index in [2.05, 4.69) is 29.5 Å². The Morgan fingerprint density at radius 2 is 2.24 bits per heavy atom. The molecule has 140 valence electrons. The van der Waals surface area contributed by atoms with E-state index in [-0.39, 0.29) is 17.9 Å². The van der Waals surface area contributed by atoms with E-state index in [1.54, 1.807) is 13.3 Å². The maximum Gasteiger partial charge on any atom is 0.269 e. The van der Waals surface area contributed by atoms with Gasteiger partial charge in [0.2, 0.25) is 5.91 Å². The number of amides is 2. The number of ether oxygens (including phenoxy) is 1. The fourth-order valence-electron chi connectivity index (χ4n) is 2.77. The van der Waals surface area contributed by atoms with Gasteiger partial charge in [0.25, 0.3) is 5.91 Å². The van der Waals surface area contributed by atoms with Crippen molar-refractivity contribution in [3.8, 4) is 0 Å². The number of aryl methyl sites for hydroxylation is 1. The molecule has 0 radical (unpaired) electrons. The third kappa shape index (κ3) is 5.27. The zero-order valence-corrected chi connectivity index (χ0v) is 15.5. The Balaban J connectivity index is 1.94. The van der Waals surface area contributed by atoms with Crippen LogP contribution in [0.3, 0.4) is 0 Å². The topological polar surface area (TPSA) is 88.5 Å². The van der Waals surface area contributed by atoms with E-state index in [9.17, 15) is 9.59 Å². The molecule has 1 atom stereocenters. The molecule has 0 spiro atoms. The Hall–Kier alpha value is -1.93. The molecular formula is C17H29N5O3. The highest BCUT2D eigenvalue weighted by Gasteiger charge is 2.25. The van der Waals surface area contributed by atoms with Crippen LogP contribution in [0.1, 0.15) is 36.6 Å². The van der Waals surface area contributed by atoms with Crippen molar-refractivity contribution in [1.82, 2.24) is 25.1 Å². The van der Waals surface area contributed by atoms with Crippen LogP contribution in [0.4, 0.5) is 0 Å². The number of hydrogen-bond acceptors (Lipinski definition) is 5. The van der Waals surface area contributed by atoms with E-state index in [0.29, 0.717) is 38.0 Å². The summed E-state index contributed by atoms with van der Waals surface area (Å²) in [5.41, 5.74) is 0.532. The van der Waals surface area contributed by atoms with Crippen molar-refractivity contribution in [1.29, 1.82) is 0 Å². The van der Waals surface area contributed by atoms with Gasteiger partial charge in [0.05, 0.1) is 19.3 Å². The van der Waals surface area contributed by atoms with Crippen LogP contribution in [-0.4, -0.2) is 72.2 Å². The van der Waals surface area contributed by atoms with E-state index < -0.39 is 0 Å². The van der Waals surface area contributed by atoms with Crippen LogP contribution in [0.15, 0.2) is 6.20 Å². The summed E-state index contributed by atoms with van der Waals surface area (Å²) in [6, 6.07) is 0.333. The summed E-state index contributed by atoms with van der Waals surface area (Å²) in [5, 5.41) is 5.88. The molecule has 2 rings (SSSR count). The Bertz CT molecular complexity index is 599. The quantitative estimate of drug-likeness (QED) is 0.645. The van der Waals surface area contributed by atoms with Gasteiger partial charge >= 0.3 is 0 Å². The number of imidazole rings is 1. The Kier molecular flexibility index (Phi) is 6.95. The predicted octanol–water partition coefficient (Wildman–Crippen LogP) is 0.0305. The number of aromatic nitrogens is 2. The first-order valence-electron chi connectivity index (χ1n) is 8.73. The highest BCUT2D eigenvalue weighted by Crippen LogP contribution is 2.17. The Morgan fingerprint density at radius 3 is 2.92 bits per heavy atom. The van der Waals surface area contributed by atoms with Crippen molar-refractivity contribution in [2.75, 3.05) is 33.9 Å². The molecule has 0 fully saturated rings. The standard InChI is InChI=1S/C17H29N5O3/c1-12(2)21(3)11-16(23)20-13-5-6-15-19-9-14(22(15)10-13)17(24)18-7-8-25-4/h9,12-13H,5-8,10-11H2,1-4H3,(H,18,24)(H,20,23). The molecule has 8 heteroatoms. The lowest BCUT2D eigenvalue weighted by molar-refractivity contribution is -0.123. The van der Waals surface area contributed by atoms with Gasteiger partial charge < -0.3 is 19.9 Å². The molecule has 2 amide bonds. The van der Waals surface area contributed by atoms with Gasteiger partial charge in [0, 0.05) is 38.7 Å². The first-order chi connectivity index (χ1) is 11.9. The van der Waals surface area contributed by atoms with Crippen LogP contribution < -0.4 is 10.6 Å². The van der Waals surface area contributed by atoms with Crippen molar-refractivity contribution in [2.24, 2.45) is 0 Å². The number of rotatable bonds is 8. The molecule has 1 aromatic rings. The minimum atomic E-state index is -0.165. The van der Waals surface area contributed by atoms with Crippen molar-refractivity contribution < 1.29 is 14.3 Å². The van der Waals surface area contributed by atoms with Crippen molar-refractivity contribution in [2.45, 2.75) is 45.3 Å². The minimum Gasteiger partial charge on any atom is -0.383 e. The van der Waals surface area contributed by atoms with Gasteiger partial charge in [-0.15, -0.1) is 0 Å². The van der Waals surface area contributed by atoms with Crippen LogP contribution in [0.2, 0.25) is 0 Å². The molecule has 1 aliphatic rings. The minimum absolute atomic E-state index is 0.0101. The van der Waals surface area contributed by atoms with Crippen molar-refractivity contribution >= 4 is 11.8 Å². The summed E-state index contributed by atoms with van der Waals surface area (Å²) < 4.78 is 6.85. The maximum atomic E-state index is 12.3. The van der Waals surface area contributed by atoms with Gasteiger partial charge in [0.15, 0.2) is 0 Å². The summed E-state index contributed by atoms with van der Waals surface area (Å²) in [4.78, 5) is 30.8. The number of carbonyl (C=O) groups is 2. The van der Waals surface area contributed by atoms with Crippen LogP contribution in [0, 0.1) is 0 Å². The van der Waals surface area contributed by atoms with Gasteiger partial charge in [-0.05, 0) is 27.3 Å². The Morgan fingerprint density at radius 1 is 1.48 bits per heavy atom.